The highest BCUT2D eigenvalue weighted by Gasteiger charge is 2.28. The maximum Gasteiger partial charge on any atom is 0.333 e. The number of esters is 2. The van der Waals surface area contributed by atoms with Crippen LogP contribution in [0.2, 0.25) is 0 Å². The highest BCUT2D eigenvalue weighted by Crippen LogP contribution is 2.30. The zero-order chi connectivity index (χ0) is 17.1. The fourth-order valence-electron chi connectivity index (χ4n) is 2.07. The Bertz CT molecular complexity index is 580. The van der Waals surface area contributed by atoms with Crippen molar-refractivity contribution in [2.45, 2.75) is 52.7 Å². The molecule has 22 heavy (non-hydrogen) atoms. The zero-order valence-corrected chi connectivity index (χ0v) is 14.1. The summed E-state index contributed by atoms with van der Waals surface area (Å²) in [5.41, 5.74) is 0.613. The molecule has 0 saturated carbocycles. The van der Waals surface area contributed by atoms with E-state index in [4.69, 9.17) is 9.47 Å². The Morgan fingerprint density at radius 3 is 1.55 bits per heavy atom. The van der Waals surface area contributed by atoms with Gasteiger partial charge in [-0.15, -0.1) is 0 Å². The van der Waals surface area contributed by atoms with Crippen LogP contribution in [0, 0.1) is 0 Å². The van der Waals surface area contributed by atoms with Crippen LogP contribution >= 0.6 is 0 Å². The topological polar surface area (TPSA) is 52.6 Å². The molecule has 0 radical (unpaired) electrons. The molecule has 1 aromatic carbocycles. The van der Waals surface area contributed by atoms with Gasteiger partial charge < -0.3 is 9.47 Å². The molecule has 4 heteroatoms. The molecule has 0 spiro atoms. The standard InChI is InChI=1S/C18H24O4/c1-12(2)16(20)22-18(6,7)15-10-8-14(9-11-15)17(4,5)21-13(3)19/h8-11H,1H2,2-7H3. The Morgan fingerprint density at radius 1 is 0.864 bits per heavy atom. The van der Waals surface area contributed by atoms with E-state index in [0.717, 1.165) is 11.1 Å². The molecule has 0 N–H and O–H groups in total. The molecule has 1 aromatic rings. The summed E-state index contributed by atoms with van der Waals surface area (Å²) in [6.07, 6.45) is 0. The first-order valence-electron chi connectivity index (χ1n) is 7.15. The van der Waals surface area contributed by atoms with Gasteiger partial charge in [0.15, 0.2) is 0 Å². The number of carbonyl (C=O) groups is 2. The van der Waals surface area contributed by atoms with Crippen LogP contribution in [0.5, 0.6) is 0 Å². The van der Waals surface area contributed by atoms with Crippen molar-refractivity contribution in [3.05, 3.63) is 47.5 Å². The molecular weight excluding hydrogens is 280 g/mol. The van der Waals surface area contributed by atoms with Gasteiger partial charge in [-0.3, -0.25) is 4.79 Å². The molecule has 0 saturated heterocycles. The first-order chi connectivity index (χ1) is 9.95. The van der Waals surface area contributed by atoms with Crippen molar-refractivity contribution in [3.63, 3.8) is 0 Å². The van der Waals surface area contributed by atoms with Gasteiger partial charge in [-0.2, -0.15) is 0 Å². The van der Waals surface area contributed by atoms with Crippen LogP contribution in [0.25, 0.3) is 0 Å². The van der Waals surface area contributed by atoms with E-state index in [0.29, 0.717) is 5.57 Å². The molecule has 0 aliphatic carbocycles. The second kappa shape index (κ2) is 6.34. The molecule has 0 amide bonds. The Balaban J connectivity index is 2.99. The predicted octanol–water partition coefficient (Wildman–Crippen LogP) is 3.84. The first kappa shape index (κ1) is 18.0. The molecule has 0 aliphatic heterocycles. The van der Waals surface area contributed by atoms with Crippen LogP contribution in [0.3, 0.4) is 0 Å². The Morgan fingerprint density at radius 2 is 1.23 bits per heavy atom. The number of rotatable bonds is 5. The Hall–Kier alpha value is -2.10. The average Bonchev–Trinajstić information content (AvgIpc) is 2.36. The number of benzene rings is 1. The SMILES string of the molecule is C=C(C)C(=O)OC(C)(C)c1ccc(C(C)(C)OC(C)=O)cc1. The summed E-state index contributed by atoms with van der Waals surface area (Å²) < 4.78 is 10.8. The lowest BCUT2D eigenvalue weighted by Gasteiger charge is -2.28. The van der Waals surface area contributed by atoms with E-state index in [2.05, 4.69) is 6.58 Å². The summed E-state index contributed by atoms with van der Waals surface area (Å²) >= 11 is 0. The van der Waals surface area contributed by atoms with Crippen molar-refractivity contribution < 1.29 is 19.1 Å². The molecular formula is C18H24O4. The predicted molar refractivity (Wildman–Crippen MR) is 85.2 cm³/mol. The molecule has 4 nitrogen and oxygen atoms in total. The van der Waals surface area contributed by atoms with E-state index < -0.39 is 17.2 Å². The molecule has 120 valence electrons. The summed E-state index contributed by atoms with van der Waals surface area (Å²) in [7, 11) is 0. The molecule has 0 atom stereocenters. The van der Waals surface area contributed by atoms with Gasteiger partial charge in [-0.25, -0.2) is 4.79 Å². The maximum absolute atomic E-state index is 11.7. The first-order valence-corrected chi connectivity index (χ1v) is 7.15. The average molecular weight is 304 g/mol. The van der Waals surface area contributed by atoms with Crippen LogP contribution in [0.4, 0.5) is 0 Å². The highest BCUT2D eigenvalue weighted by atomic mass is 16.6. The van der Waals surface area contributed by atoms with Crippen molar-refractivity contribution in [2.75, 3.05) is 0 Å². The quantitative estimate of drug-likeness (QED) is 0.612. The number of hydrogen-bond donors (Lipinski definition) is 0. The second-order valence-electron chi connectivity index (χ2n) is 6.36. The summed E-state index contributed by atoms with van der Waals surface area (Å²) in [6, 6.07) is 7.47. The smallest absolute Gasteiger partial charge is 0.333 e. The van der Waals surface area contributed by atoms with Crippen LogP contribution in [0.15, 0.2) is 36.4 Å². The summed E-state index contributed by atoms with van der Waals surface area (Å²) in [5.74, 6) is -0.751. The second-order valence-corrected chi connectivity index (χ2v) is 6.36. The van der Waals surface area contributed by atoms with Crippen LogP contribution in [-0.4, -0.2) is 11.9 Å². The van der Waals surface area contributed by atoms with E-state index in [-0.39, 0.29) is 5.97 Å². The third-order valence-corrected chi connectivity index (χ3v) is 3.37. The summed E-state index contributed by atoms with van der Waals surface area (Å²) in [6.45, 7) is 13.9. The van der Waals surface area contributed by atoms with Crippen LogP contribution in [-0.2, 0) is 30.3 Å². The van der Waals surface area contributed by atoms with Gasteiger partial charge in [-0.05, 0) is 45.7 Å². The van der Waals surface area contributed by atoms with E-state index in [9.17, 15) is 9.59 Å². The van der Waals surface area contributed by atoms with Gasteiger partial charge in [0.2, 0.25) is 0 Å². The number of ether oxygens (including phenoxy) is 2. The van der Waals surface area contributed by atoms with E-state index in [1.54, 1.807) is 6.92 Å². The molecule has 0 unspecified atom stereocenters. The van der Waals surface area contributed by atoms with Gasteiger partial charge in [0, 0.05) is 12.5 Å². The van der Waals surface area contributed by atoms with Gasteiger partial charge in [0.1, 0.15) is 11.2 Å². The van der Waals surface area contributed by atoms with Crippen molar-refractivity contribution >= 4 is 11.9 Å². The lowest BCUT2D eigenvalue weighted by Crippen LogP contribution is -2.27. The Labute approximate surface area is 132 Å². The van der Waals surface area contributed by atoms with Crippen molar-refractivity contribution in [1.82, 2.24) is 0 Å². The minimum absolute atomic E-state index is 0.329. The highest BCUT2D eigenvalue weighted by molar-refractivity contribution is 5.87. The largest absolute Gasteiger partial charge is 0.455 e. The van der Waals surface area contributed by atoms with Crippen molar-refractivity contribution in [1.29, 1.82) is 0 Å². The molecule has 0 aromatic heterocycles. The third-order valence-electron chi connectivity index (χ3n) is 3.37. The molecule has 0 fully saturated rings. The minimum Gasteiger partial charge on any atom is -0.455 e. The number of hydrogen-bond acceptors (Lipinski definition) is 4. The fraction of sp³-hybridized carbons (Fsp3) is 0.444. The molecule has 0 heterocycles. The van der Waals surface area contributed by atoms with Crippen LogP contribution in [0.1, 0.15) is 52.7 Å². The van der Waals surface area contributed by atoms with Crippen LogP contribution < -0.4 is 0 Å². The van der Waals surface area contributed by atoms with E-state index in [1.165, 1.54) is 6.92 Å². The van der Waals surface area contributed by atoms with Gasteiger partial charge in [-0.1, -0.05) is 30.8 Å². The summed E-state index contributed by atoms with van der Waals surface area (Å²) in [4.78, 5) is 22.9. The van der Waals surface area contributed by atoms with Crippen molar-refractivity contribution in [3.8, 4) is 0 Å². The van der Waals surface area contributed by atoms with Gasteiger partial charge in [0.05, 0.1) is 0 Å². The Kier molecular flexibility index (Phi) is 5.17. The fourth-order valence-corrected chi connectivity index (χ4v) is 2.07. The number of carbonyl (C=O) groups excluding carboxylic acids is 2. The normalized spacial score (nSPS) is 11.7. The third kappa shape index (κ3) is 4.45. The van der Waals surface area contributed by atoms with Crippen molar-refractivity contribution in [2.24, 2.45) is 0 Å². The lowest BCUT2D eigenvalue weighted by molar-refractivity contribution is -0.155. The molecule has 0 aliphatic rings. The van der Waals surface area contributed by atoms with E-state index in [1.807, 2.05) is 52.0 Å². The summed E-state index contributed by atoms with van der Waals surface area (Å²) in [5, 5.41) is 0. The van der Waals surface area contributed by atoms with E-state index >= 15 is 0 Å². The van der Waals surface area contributed by atoms with Gasteiger partial charge >= 0.3 is 11.9 Å². The molecule has 0 bridgehead atoms. The minimum atomic E-state index is -0.764. The monoisotopic (exact) mass is 304 g/mol. The van der Waals surface area contributed by atoms with Gasteiger partial charge in [0.25, 0.3) is 0 Å². The zero-order valence-electron chi connectivity index (χ0n) is 14.1. The molecule has 1 rings (SSSR count). The lowest BCUT2D eigenvalue weighted by atomic mass is 9.92. The maximum atomic E-state index is 11.7.